The first-order valence-corrected chi connectivity index (χ1v) is 8.13. The molecule has 0 aliphatic rings. The number of benzene rings is 1. The summed E-state index contributed by atoms with van der Waals surface area (Å²) in [4.78, 5) is 12.2. The molecule has 1 aromatic carbocycles. The monoisotopic (exact) mass is 333 g/mol. The molecule has 5 nitrogen and oxygen atoms in total. The number of nitrogens with one attached hydrogen (secondary N) is 1. The molecule has 130 valence electrons. The van der Waals surface area contributed by atoms with Crippen molar-refractivity contribution in [3.05, 3.63) is 47.0 Å². The zero-order valence-corrected chi connectivity index (χ0v) is 14.3. The van der Waals surface area contributed by atoms with Gasteiger partial charge in [-0.3, -0.25) is 4.79 Å². The number of aromatic nitrogens is 2. The van der Waals surface area contributed by atoms with Gasteiger partial charge in [-0.15, -0.1) is 0 Å². The van der Waals surface area contributed by atoms with Gasteiger partial charge in [-0.1, -0.05) is 0 Å². The number of carbonyl (C=O) groups excluding carboxylic acids is 1. The molecule has 1 amide bonds. The number of hydrogen-bond donors (Lipinski definition) is 2. The lowest BCUT2D eigenvalue weighted by Gasteiger charge is -2.13. The van der Waals surface area contributed by atoms with E-state index >= 15 is 0 Å². The number of aryl methyl sites for hydroxylation is 1. The Labute approximate surface area is 141 Å². The van der Waals surface area contributed by atoms with Crippen molar-refractivity contribution in [3.63, 3.8) is 0 Å². The maximum Gasteiger partial charge on any atom is 0.224 e. The third-order valence-electron chi connectivity index (χ3n) is 4.05. The third kappa shape index (κ3) is 4.41. The highest BCUT2D eigenvalue weighted by Gasteiger charge is 2.17. The van der Waals surface area contributed by atoms with Crippen LogP contribution in [0.3, 0.4) is 0 Å². The van der Waals surface area contributed by atoms with E-state index in [1.54, 1.807) is 16.8 Å². The van der Waals surface area contributed by atoms with Crippen LogP contribution in [-0.2, 0) is 11.2 Å². The maximum absolute atomic E-state index is 13.1. The highest BCUT2D eigenvalue weighted by Crippen LogP contribution is 2.19. The van der Waals surface area contributed by atoms with Crippen LogP contribution in [0.1, 0.15) is 36.7 Å². The minimum atomic E-state index is -0.295. The molecule has 0 bridgehead atoms. The quantitative estimate of drug-likeness (QED) is 0.818. The summed E-state index contributed by atoms with van der Waals surface area (Å²) in [5, 5.41) is 16.2. The molecule has 2 rings (SSSR count). The zero-order chi connectivity index (χ0) is 17.7. The smallest absolute Gasteiger partial charge is 0.224 e. The highest BCUT2D eigenvalue weighted by molar-refractivity contribution is 5.79. The van der Waals surface area contributed by atoms with Crippen molar-refractivity contribution in [1.29, 1.82) is 0 Å². The van der Waals surface area contributed by atoms with Crippen molar-refractivity contribution >= 4 is 5.91 Å². The summed E-state index contributed by atoms with van der Waals surface area (Å²) in [6.07, 6.45) is 1.67. The molecule has 0 aliphatic carbocycles. The van der Waals surface area contributed by atoms with E-state index in [1.165, 1.54) is 12.1 Å². The molecule has 0 fully saturated rings. The van der Waals surface area contributed by atoms with E-state index in [1.807, 2.05) is 20.8 Å². The molecule has 0 saturated carbocycles. The summed E-state index contributed by atoms with van der Waals surface area (Å²) in [5.74, 6) is -0.359. The second-order valence-electron chi connectivity index (χ2n) is 6.05. The number of aliphatic hydroxyl groups is 1. The van der Waals surface area contributed by atoms with Crippen molar-refractivity contribution in [2.24, 2.45) is 0 Å². The molecule has 1 unspecified atom stereocenters. The highest BCUT2D eigenvalue weighted by atomic mass is 19.1. The van der Waals surface area contributed by atoms with Crippen molar-refractivity contribution < 1.29 is 14.3 Å². The molecule has 0 saturated heterocycles. The van der Waals surface area contributed by atoms with Crippen LogP contribution < -0.4 is 5.32 Å². The molecule has 2 N–H and O–H groups in total. The number of rotatable bonds is 7. The van der Waals surface area contributed by atoms with Crippen molar-refractivity contribution in [3.8, 4) is 5.69 Å². The average molecular weight is 333 g/mol. The molecular formula is C18H24FN3O2. The standard InChI is InChI=1S/C18H24FN3O2/c1-12(5-4-10-23)20-18(24)11-17-13(2)21-22(14(17)3)16-8-6-15(19)7-9-16/h6-9,12,23H,4-5,10-11H2,1-3H3,(H,20,24). The van der Waals surface area contributed by atoms with Gasteiger partial charge in [-0.25, -0.2) is 9.07 Å². The molecule has 0 spiro atoms. The number of nitrogens with zero attached hydrogens (tertiary/aromatic N) is 2. The van der Waals surface area contributed by atoms with Crippen LogP contribution in [-0.4, -0.2) is 33.4 Å². The number of amides is 1. The predicted octanol–water partition coefficient (Wildman–Crippen LogP) is 2.45. The van der Waals surface area contributed by atoms with Crippen LogP contribution in [0, 0.1) is 19.7 Å². The van der Waals surface area contributed by atoms with Gasteiger partial charge in [-0.2, -0.15) is 5.10 Å². The van der Waals surface area contributed by atoms with Crippen LogP contribution in [0.4, 0.5) is 4.39 Å². The van der Waals surface area contributed by atoms with E-state index in [0.29, 0.717) is 6.42 Å². The minimum absolute atomic E-state index is 0.0254. The molecule has 0 radical (unpaired) electrons. The van der Waals surface area contributed by atoms with Crippen LogP contribution >= 0.6 is 0 Å². The Morgan fingerprint density at radius 2 is 2.00 bits per heavy atom. The van der Waals surface area contributed by atoms with Gasteiger partial charge in [0.25, 0.3) is 0 Å². The SMILES string of the molecule is Cc1nn(-c2ccc(F)cc2)c(C)c1CC(=O)NC(C)CCCO. The van der Waals surface area contributed by atoms with Gasteiger partial charge in [0.1, 0.15) is 5.82 Å². The lowest BCUT2D eigenvalue weighted by Crippen LogP contribution is -2.34. The fraction of sp³-hybridized carbons (Fsp3) is 0.444. The molecular weight excluding hydrogens is 309 g/mol. The number of aliphatic hydroxyl groups excluding tert-OH is 1. The fourth-order valence-corrected chi connectivity index (χ4v) is 2.72. The molecule has 1 aromatic heterocycles. The summed E-state index contributed by atoms with van der Waals surface area (Å²) in [6, 6.07) is 6.13. The van der Waals surface area contributed by atoms with E-state index in [4.69, 9.17) is 5.11 Å². The summed E-state index contributed by atoms with van der Waals surface area (Å²) >= 11 is 0. The number of halogens is 1. The van der Waals surface area contributed by atoms with Crippen LogP contribution in [0.5, 0.6) is 0 Å². The van der Waals surface area contributed by atoms with Gasteiger partial charge < -0.3 is 10.4 Å². The lowest BCUT2D eigenvalue weighted by atomic mass is 10.1. The van der Waals surface area contributed by atoms with Crippen molar-refractivity contribution in [2.75, 3.05) is 6.61 Å². The van der Waals surface area contributed by atoms with Gasteiger partial charge in [0.2, 0.25) is 5.91 Å². The topological polar surface area (TPSA) is 67.2 Å². The van der Waals surface area contributed by atoms with Crippen LogP contribution in [0.15, 0.2) is 24.3 Å². The van der Waals surface area contributed by atoms with E-state index < -0.39 is 0 Å². The lowest BCUT2D eigenvalue weighted by molar-refractivity contribution is -0.121. The Bertz CT molecular complexity index is 695. The minimum Gasteiger partial charge on any atom is -0.396 e. The number of hydrogen-bond acceptors (Lipinski definition) is 3. The number of carbonyl (C=O) groups is 1. The first-order valence-electron chi connectivity index (χ1n) is 8.13. The summed E-state index contributed by atoms with van der Waals surface area (Å²) in [7, 11) is 0. The fourth-order valence-electron chi connectivity index (χ4n) is 2.72. The Kier molecular flexibility index (Phi) is 6.09. The molecule has 2 aromatic rings. The average Bonchev–Trinajstić information content (AvgIpc) is 2.81. The van der Waals surface area contributed by atoms with Gasteiger partial charge in [0.15, 0.2) is 0 Å². The first kappa shape index (κ1) is 18.1. The molecule has 6 heteroatoms. The van der Waals surface area contributed by atoms with Crippen LogP contribution in [0.2, 0.25) is 0 Å². The van der Waals surface area contributed by atoms with E-state index in [0.717, 1.165) is 29.1 Å². The normalized spacial score (nSPS) is 12.2. The van der Waals surface area contributed by atoms with Gasteiger partial charge in [0, 0.05) is 23.9 Å². The van der Waals surface area contributed by atoms with Crippen molar-refractivity contribution in [2.45, 2.75) is 46.1 Å². The largest absolute Gasteiger partial charge is 0.396 e. The Hall–Kier alpha value is -2.21. The predicted molar refractivity (Wildman–Crippen MR) is 90.6 cm³/mol. The van der Waals surface area contributed by atoms with E-state index in [9.17, 15) is 9.18 Å². The summed E-state index contributed by atoms with van der Waals surface area (Å²) in [5.41, 5.74) is 3.30. The Balaban J connectivity index is 2.11. The first-order chi connectivity index (χ1) is 11.4. The maximum atomic E-state index is 13.1. The molecule has 24 heavy (non-hydrogen) atoms. The molecule has 1 heterocycles. The van der Waals surface area contributed by atoms with E-state index in [-0.39, 0.29) is 30.8 Å². The Morgan fingerprint density at radius 1 is 1.33 bits per heavy atom. The molecule has 1 atom stereocenters. The van der Waals surface area contributed by atoms with Crippen LogP contribution in [0.25, 0.3) is 5.69 Å². The third-order valence-corrected chi connectivity index (χ3v) is 4.05. The Morgan fingerprint density at radius 3 is 2.62 bits per heavy atom. The second-order valence-corrected chi connectivity index (χ2v) is 6.05. The molecule has 0 aliphatic heterocycles. The van der Waals surface area contributed by atoms with E-state index in [2.05, 4.69) is 10.4 Å². The second kappa shape index (κ2) is 8.06. The van der Waals surface area contributed by atoms with Gasteiger partial charge >= 0.3 is 0 Å². The van der Waals surface area contributed by atoms with Gasteiger partial charge in [-0.05, 0) is 57.9 Å². The zero-order valence-electron chi connectivity index (χ0n) is 14.3. The van der Waals surface area contributed by atoms with Gasteiger partial charge in [0.05, 0.1) is 17.8 Å². The summed E-state index contributed by atoms with van der Waals surface area (Å²) < 4.78 is 14.8. The summed E-state index contributed by atoms with van der Waals surface area (Å²) in [6.45, 7) is 5.82. The van der Waals surface area contributed by atoms with Crippen molar-refractivity contribution in [1.82, 2.24) is 15.1 Å².